The van der Waals surface area contributed by atoms with E-state index in [1.54, 1.807) is 24.3 Å². The molecule has 1 aromatic rings. The van der Waals surface area contributed by atoms with E-state index in [-0.39, 0.29) is 12.5 Å². The van der Waals surface area contributed by atoms with Gasteiger partial charge in [-0.15, -0.1) is 0 Å². The molecule has 1 heterocycles. The van der Waals surface area contributed by atoms with Crippen molar-refractivity contribution in [2.75, 3.05) is 18.6 Å². The smallest absolute Gasteiger partial charge is 0.413 e. The number of ether oxygens (including phenoxy) is 3. The predicted octanol–water partition coefficient (Wildman–Crippen LogP) is 0.615. The van der Waals surface area contributed by atoms with Crippen molar-refractivity contribution in [2.24, 2.45) is 0 Å². The first-order chi connectivity index (χ1) is 11.8. The van der Waals surface area contributed by atoms with Gasteiger partial charge in [-0.1, -0.05) is 12.1 Å². The number of alkyl carbamates (subject to hydrolysis) is 1. The van der Waals surface area contributed by atoms with Crippen LogP contribution in [0.1, 0.15) is 13.8 Å². The van der Waals surface area contributed by atoms with Crippen molar-refractivity contribution in [3.05, 3.63) is 24.3 Å². The van der Waals surface area contributed by atoms with Gasteiger partial charge >= 0.3 is 12.1 Å². The van der Waals surface area contributed by atoms with Gasteiger partial charge in [0.2, 0.25) is 12.0 Å². The minimum absolute atomic E-state index is 0.0451. The van der Waals surface area contributed by atoms with Crippen molar-refractivity contribution in [3.63, 3.8) is 0 Å². The Bertz CT molecular complexity index is 703. The molecule has 0 spiro atoms. The number of imide groups is 1. The lowest BCUT2D eigenvalue weighted by molar-refractivity contribution is -0.161. The number of nitrogens with zero attached hydrogens (tertiary/aromatic N) is 1. The van der Waals surface area contributed by atoms with Gasteiger partial charge in [-0.2, -0.15) is 0 Å². The lowest BCUT2D eigenvalue weighted by Gasteiger charge is -2.33. The fraction of sp³-hybridized carbons (Fsp3) is 0.375. The van der Waals surface area contributed by atoms with E-state index in [0.29, 0.717) is 11.4 Å². The second-order valence-electron chi connectivity index (χ2n) is 5.26. The zero-order chi connectivity index (χ0) is 18.6. The zero-order valence-electron chi connectivity index (χ0n) is 14.0. The highest BCUT2D eigenvalue weighted by Gasteiger charge is 2.35. The Hall–Kier alpha value is -3.10. The summed E-state index contributed by atoms with van der Waals surface area (Å²) in [7, 11) is 1.10. The van der Waals surface area contributed by atoms with Crippen molar-refractivity contribution < 1.29 is 33.4 Å². The summed E-state index contributed by atoms with van der Waals surface area (Å²) in [6.45, 7) is 2.63. The van der Waals surface area contributed by atoms with Crippen LogP contribution in [0.3, 0.4) is 0 Å². The van der Waals surface area contributed by atoms with Crippen LogP contribution in [0, 0.1) is 0 Å². The molecule has 25 heavy (non-hydrogen) atoms. The average molecular weight is 350 g/mol. The minimum Gasteiger partial charge on any atom is -0.475 e. The van der Waals surface area contributed by atoms with Crippen LogP contribution < -0.4 is 15.0 Å². The summed E-state index contributed by atoms with van der Waals surface area (Å²) < 4.78 is 14.9. The molecule has 1 aliphatic rings. The quantitative estimate of drug-likeness (QED) is 0.795. The number of amides is 3. The van der Waals surface area contributed by atoms with Gasteiger partial charge in [-0.05, 0) is 19.1 Å². The number of benzene rings is 1. The van der Waals surface area contributed by atoms with Crippen molar-refractivity contribution in [3.8, 4) is 5.75 Å². The Morgan fingerprint density at radius 3 is 2.60 bits per heavy atom. The summed E-state index contributed by atoms with van der Waals surface area (Å²) in [6, 6.07) is 6.77. The number of methoxy groups -OCH3 is 1. The number of anilines is 1. The van der Waals surface area contributed by atoms with Crippen molar-refractivity contribution in [1.82, 2.24) is 5.32 Å². The Morgan fingerprint density at radius 1 is 1.28 bits per heavy atom. The molecule has 2 rings (SSSR count). The Labute approximate surface area is 143 Å². The first-order valence-electron chi connectivity index (χ1n) is 7.46. The summed E-state index contributed by atoms with van der Waals surface area (Å²) >= 11 is 0. The molecular weight excluding hydrogens is 332 g/mol. The second kappa shape index (κ2) is 7.65. The van der Waals surface area contributed by atoms with Crippen LogP contribution in [0.4, 0.5) is 10.5 Å². The van der Waals surface area contributed by atoms with Gasteiger partial charge in [0.1, 0.15) is 5.75 Å². The van der Waals surface area contributed by atoms with Crippen LogP contribution in [-0.4, -0.2) is 49.7 Å². The van der Waals surface area contributed by atoms with E-state index in [2.05, 4.69) is 4.74 Å². The maximum absolute atomic E-state index is 12.3. The number of rotatable bonds is 3. The number of para-hydroxylation sites is 2. The van der Waals surface area contributed by atoms with Gasteiger partial charge in [0.25, 0.3) is 5.91 Å². The molecule has 0 saturated carbocycles. The van der Waals surface area contributed by atoms with E-state index in [1.165, 1.54) is 18.7 Å². The van der Waals surface area contributed by atoms with E-state index in [9.17, 15) is 19.2 Å². The van der Waals surface area contributed by atoms with Crippen LogP contribution in [0.15, 0.2) is 24.3 Å². The van der Waals surface area contributed by atoms with E-state index in [0.717, 1.165) is 7.11 Å². The maximum atomic E-state index is 12.3. The lowest BCUT2D eigenvalue weighted by Crippen LogP contribution is -2.49. The van der Waals surface area contributed by atoms with Gasteiger partial charge in [0, 0.05) is 6.92 Å². The SMILES string of the molecule is COC(=O)NC(=O)[C@H](C)OC(=O)[C@@H]1CN(C(C)=O)c2ccccc2O1. The molecule has 3 amide bonds. The third-order valence-corrected chi connectivity index (χ3v) is 3.49. The molecule has 1 aliphatic heterocycles. The Morgan fingerprint density at radius 2 is 1.96 bits per heavy atom. The third kappa shape index (κ3) is 4.25. The monoisotopic (exact) mass is 350 g/mol. The third-order valence-electron chi connectivity index (χ3n) is 3.49. The molecule has 0 aliphatic carbocycles. The molecule has 0 bridgehead atoms. The highest BCUT2D eigenvalue weighted by atomic mass is 16.6. The number of fused-ring (bicyclic) bond motifs is 1. The van der Waals surface area contributed by atoms with E-state index < -0.39 is 30.2 Å². The van der Waals surface area contributed by atoms with Crippen LogP contribution in [0.2, 0.25) is 0 Å². The van der Waals surface area contributed by atoms with Crippen molar-refractivity contribution in [1.29, 1.82) is 0 Å². The van der Waals surface area contributed by atoms with Gasteiger partial charge in [-0.3, -0.25) is 14.9 Å². The topological polar surface area (TPSA) is 111 Å². The highest BCUT2D eigenvalue weighted by Crippen LogP contribution is 2.33. The highest BCUT2D eigenvalue weighted by molar-refractivity contribution is 5.97. The Kier molecular flexibility index (Phi) is 5.58. The molecule has 0 fully saturated rings. The molecule has 9 nitrogen and oxygen atoms in total. The summed E-state index contributed by atoms with van der Waals surface area (Å²) in [6.07, 6.45) is -3.29. The first-order valence-corrected chi connectivity index (χ1v) is 7.46. The Balaban J connectivity index is 2.06. The van der Waals surface area contributed by atoms with Crippen LogP contribution in [-0.2, 0) is 23.9 Å². The van der Waals surface area contributed by atoms with Crippen LogP contribution >= 0.6 is 0 Å². The maximum Gasteiger partial charge on any atom is 0.413 e. The summed E-state index contributed by atoms with van der Waals surface area (Å²) in [5, 5.41) is 1.90. The summed E-state index contributed by atoms with van der Waals surface area (Å²) in [5.74, 6) is -1.56. The van der Waals surface area contributed by atoms with E-state index in [4.69, 9.17) is 9.47 Å². The van der Waals surface area contributed by atoms with Gasteiger partial charge in [0.05, 0.1) is 19.3 Å². The molecule has 134 valence electrons. The minimum atomic E-state index is -1.24. The molecule has 0 aromatic heterocycles. The lowest BCUT2D eigenvalue weighted by atomic mass is 10.2. The summed E-state index contributed by atoms with van der Waals surface area (Å²) in [4.78, 5) is 48.2. The first kappa shape index (κ1) is 18.2. The fourth-order valence-corrected chi connectivity index (χ4v) is 2.21. The number of hydrogen-bond acceptors (Lipinski definition) is 7. The van der Waals surface area contributed by atoms with E-state index >= 15 is 0 Å². The van der Waals surface area contributed by atoms with E-state index in [1.807, 2.05) is 5.32 Å². The van der Waals surface area contributed by atoms with Crippen LogP contribution in [0.25, 0.3) is 0 Å². The molecule has 1 N–H and O–H groups in total. The molecular formula is C16H18N2O7. The normalized spacial score (nSPS) is 16.8. The fourth-order valence-electron chi connectivity index (χ4n) is 2.21. The molecule has 0 radical (unpaired) electrons. The number of carbonyl (C=O) groups excluding carboxylic acids is 4. The molecule has 0 saturated heterocycles. The average Bonchev–Trinajstić information content (AvgIpc) is 2.60. The van der Waals surface area contributed by atoms with Gasteiger partial charge in [-0.25, -0.2) is 9.59 Å². The number of hydrogen-bond donors (Lipinski definition) is 1. The molecule has 2 atom stereocenters. The standard InChI is InChI=1S/C16H18N2O7/c1-9(14(20)17-16(22)23-3)24-15(21)13-8-18(10(2)19)11-6-4-5-7-12(11)25-13/h4-7,9,13H,8H2,1-3H3,(H,17,20,22)/t9-,13-/m0/s1. The second-order valence-corrected chi connectivity index (χ2v) is 5.26. The van der Waals surface area contributed by atoms with Gasteiger partial charge in [0.15, 0.2) is 6.10 Å². The number of nitrogens with one attached hydrogen (secondary N) is 1. The van der Waals surface area contributed by atoms with Crippen LogP contribution in [0.5, 0.6) is 5.75 Å². The molecule has 1 aromatic carbocycles. The predicted molar refractivity (Wildman–Crippen MR) is 85.0 cm³/mol. The largest absolute Gasteiger partial charge is 0.475 e. The van der Waals surface area contributed by atoms with Crippen molar-refractivity contribution in [2.45, 2.75) is 26.1 Å². The van der Waals surface area contributed by atoms with Crippen molar-refractivity contribution >= 4 is 29.6 Å². The zero-order valence-corrected chi connectivity index (χ0v) is 14.0. The number of carbonyl (C=O) groups is 4. The summed E-state index contributed by atoms with van der Waals surface area (Å²) in [5.41, 5.74) is 0.551. The van der Waals surface area contributed by atoms with Gasteiger partial charge < -0.3 is 19.1 Å². The number of esters is 1. The molecule has 0 unspecified atom stereocenters. The molecule has 9 heteroatoms.